The highest BCUT2D eigenvalue weighted by Gasteiger charge is 2.05. The largest absolute Gasteiger partial charge is 0.459 e. The summed E-state index contributed by atoms with van der Waals surface area (Å²) in [6.07, 6.45) is 1.13. The lowest BCUT2D eigenvalue weighted by Crippen LogP contribution is -1.97. The molecule has 84 valence electrons. The van der Waals surface area contributed by atoms with Crippen molar-refractivity contribution in [1.29, 1.82) is 0 Å². The molecule has 0 spiro atoms. The summed E-state index contributed by atoms with van der Waals surface area (Å²) in [5.74, 6) is 4.17. The molecule has 0 unspecified atom stereocenters. The van der Waals surface area contributed by atoms with Crippen molar-refractivity contribution >= 4 is 15.8 Å². The van der Waals surface area contributed by atoms with Crippen molar-refractivity contribution in [2.24, 2.45) is 0 Å². The first kappa shape index (κ1) is 12.3. The van der Waals surface area contributed by atoms with E-state index in [1.165, 1.54) is 31.4 Å². The average Bonchev–Trinajstić information content (AvgIpc) is 2.25. The summed E-state index contributed by atoms with van der Waals surface area (Å²) in [5, 5.41) is 0. The number of benzene rings is 1. The number of esters is 1. The molecule has 1 rings (SSSR count). The van der Waals surface area contributed by atoms with Crippen LogP contribution in [0.25, 0.3) is 0 Å². The molecular formula is C11H10O4S. The van der Waals surface area contributed by atoms with Gasteiger partial charge in [-0.3, -0.25) is 0 Å². The highest BCUT2D eigenvalue weighted by atomic mass is 32.2. The van der Waals surface area contributed by atoms with Crippen molar-refractivity contribution < 1.29 is 17.9 Å². The Labute approximate surface area is 94.2 Å². The SMILES string of the molecule is COC(=O)C#Cc1ccc(S(C)(=O)=O)cc1. The maximum atomic E-state index is 11.1. The lowest BCUT2D eigenvalue weighted by Gasteiger charge is -1.96. The highest BCUT2D eigenvalue weighted by molar-refractivity contribution is 7.90. The van der Waals surface area contributed by atoms with E-state index in [9.17, 15) is 13.2 Å². The van der Waals surface area contributed by atoms with Gasteiger partial charge >= 0.3 is 5.97 Å². The van der Waals surface area contributed by atoms with Crippen molar-refractivity contribution in [1.82, 2.24) is 0 Å². The van der Waals surface area contributed by atoms with Crippen LogP contribution in [-0.4, -0.2) is 27.8 Å². The van der Waals surface area contributed by atoms with Crippen LogP contribution < -0.4 is 0 Å². The minimum atomic E-state index is -3.20. The first-order valence-corrected chi connectivity index (χ1v) is 6.22. The molecule has 0 saturated heterocycles. The first-order valence-electron chi connectivity index (χ1n) is 4.33. The Morgan fingerprint density at radius 3 is 2.25 bits per heavy atom. The summed E-state index contributed by atoms with van der Waals surface area (Å²) in [6.45, 7) is 0. The number of ether oxygens (including phenoxy) is 1. The van der Waals surface area contributed by atoms with Crippen LogP contribution >= 0.6 is 0 Å². The summed E-state index contributed by atoms with van der Waals surface area (Å²) in [4.78, 5) is 10.9. The Bertz CT molecular complexity index is 544. The van der Waals surface area contributed by atoms with E-state index >= 15 is 0 Å². The summed E-state index contributed by atoms with van der Waals surface area (Å²) < 4.78 is 26.6. The van der Waals surface area contributed by atoms with Gasteiger partial charge in [0, 0.05) is 17.7 Å². The Balaban J connectivity index is 2.95. The number of carbonyl (C=O) groups excluding carboxylic acids is 1. The molecule has 5 heteroatoms. The summed E-state index contributed by atoms with van der Waals surface area (Å²) in [5.41, 5.74) is 0.554. The first-order chi connectivity index (χ1) is 7.43. The second kappa shape index (κ2) is 4.81. The monoisotopic (exact) mass is 238 g/mol. The lowest BCUT2D eigenvalue weighted by molar-refractivity contribution is -0.133. The quantitative estimate of drug-likeness (QED) is 0.531. The molecule has 0 N–H and O–H groups in total. The zero-order valence-electron chi connectivity index (χ0n) is 8.85. The van der Waals surface area contributed by atoms with Crippen molar-refractivity contribution in [2.75, 3.05) is 13.4 Å². The van der Waals surface area contributed by atoms with Gasteiger partial charge in [0.15, 0.2) is 9.84 Å². The minimum Gasteiger partial charge on any atom is -0.459 e. The van der Waals surface area contributed by atoms with Gasteiger partial charge in [0.25, 0.3) is 0 Å². The average molecular weight is 238 g/mol. The summed E-state index contributed by atoms with van der Waals surface area (Å²) in [7, 11) is -1.96. The number of rotatable bonds is 1. The fourth-order valence-corrected chi connectivity index (χ4v) is 1.59. The molecule has 0 fully saturated rings. The third-order valence-corrected chi connectivity index (χ3v) is 2.91. The Kier molecular flexibility index (Phi) is 3.69. The fraction of sp³-hybridized carbons (Fsp3) is 0.182. The van der Waals surface area contributed by atoms with Crippen molar-refractivity contribution in [3.63, 3.8) is 0 Å². The van der Waals surface area contributed by atoms with Crippen LogP contribution in [0.15, 0.2) is 29.2 Å². The van der Waals surface area contributed by atoms with Gasteiger partial charge in [0.1, 0.15) is 0 Å². The molecule has 0 saturated carbocycles. The number of hydrogen-bond acceptors (Lipinski definition) is 4. The number of sulfone groups is 1. The third-order valence-electron chi connectivity index (χ3n) is 1.78. The molecule has 4 nitrogen and oxygen atoms in total. The predicted octanol–water partition coefficient (Wildman–Crippen LogP) is 0.615. The van der Waals surface area contributed by atoms with E-state index in [0.29, 0.717) is 5.56 Å². The topological polar surface area (TPSA) is 60.4 Å². The zero-order valence-corrected chi connectivity index (χ0v) is 9.67. The van der Waals surface area contributed by atoms with Gasteiger partial charge in [0.05, 0.1) is 12.0 Å². The maximum Gasteiger partial charge on any atom is 0.384 e. The molecule has 0 aliphatic carbocycles. The molecular weight excluding hydrogens is 228 g/mol. The molecule has 0 radical (unpaired) electrons. The van der Waals surface area contributed by atoms with Gasteiger partial charge in [0.2, 0.25) is 0 Å². The van der Waals surface area contributed by atoms with Gasteiger partial charge in [-0.15, -0.1) is 0 Å². The number of hydrogen-bond donors (Lipinski definition) is 0. The van der Waals surface area contributed by atoms with Crippen molar-refractivity contribution in [2.45, 2.75) is 4.90 Å². The number of carbonyl (C=O) groups is 1. The van der Waals surface area contributed by atoms with Gasteiger partial charge in [-0.25, -0.2) is 13.2 Å². The summed E-state index contributed by atoms with van der Waals surface area (Å²) >= 11 is 0. The summed E-state index contributed by atoms with van der Waals surface area (Å²) in [6, 6.07) is 5.95. The fourth-order valence-electron chi connectivity index (χ4n) is 0.960. The predicted molar refractivity (Wildman–Crippen MR) is 58.4 cm³/mol. The van der Waals surface area contributed by atoms with Crippen LogP contribution in [0.1, 0.15) is 5.56 Å². The molecule has 1 aromatic carbocycles. The zero-order chi connectivity index (χ0) is 12.2. The Morgan fingerprint density at radius 2 is 1.81 bits per heavy atom. The van der Waals surface area contributed by atoms with E-state index in [1.807, 2.05) is 0 Å². The highest BCUT2D eigenvalue weighted by Crippen LogP contribution is 2.09. The van der Waals surface area contributed by atoms with Gasteiger partial charge in [-0.1, -0.05) is 5.92 Å². The van der Waals surface area contributed by atoms with Crippen molar-refractivity contribution in [3.05, 3.63) is 29.8 Å². The Morgan fingerprint density at radius 1 is 1.25 bits per heavy atom. The molecule has 0 heterocycles. The third kappa shape index (κ3) is 3.41. The lowest BCUT2D eigenvalue weighted by atomic mass is 10.2. The normalized spacial score (nSPS) is 10.1. The van der Waals surface area contributed by atoms with E-state index in [1.54, 1.807) is 0 Å². The second-order valence-electron chi connectivity index (χ2n) is 3.04. The molecule has 0 amide bonds. The van der Waals surface area contributed by atoms with E-state index in [0.717, 1.165) is 6.26 Å². The smallest absolute Gasteiger partial charge is 0.384 e. The van der Waals surface area contributed by atoms with Crippen LogP contribution in [0.2, 0.25) is 0 Å². The van der Waals surface area contributed by atoms with E-state index in [4.69, 9.17) is 0 Å². The molecule has 16 heavy (non-hydrogen) atoms. The van der Waals surface area contributed by atoms with Crippen LogP contribution in [0.3, 0.4) is 0 Å². The standard InChI is InChI=1S/C11H10O4S/c1-15-11(12)8-5-9-3-6-10(7-4-9)16(2,13)14/h3-4,6-7H,1-2H3. The molecule has 0 aliphatic heterocycles. The molecule has 0 aliphatic rings. The van der Waals surface area contributed by atoms with Crippen molar-refractivity contribution in [3.8, 4) is 11.8 Å². The molecule has 0 aromatic heterocycles. The van der Waals surface area contributed by atoms with E-state index < -0.39 is 15.8 Å². The van der Waals surface area contributed by atoms with Crippen LogP contribution in [0.5, 0.6) is 0 Å². The molecule has 0 bridgehead atoms. The van der Waals surface area contributed by atoms with Gasteiger partial charge in [-0.2, -0.15) is 0 Å². The van der Waals surface area contributed by atoms with Crippen LogP contribution in [0.4, 0.5) is 0 Å². The van der Waals surface area contributed by atoms with Crippen LogP contribution in [-0.2, 0) is 19.4 Å². The van der Waals surface area contributed by atoms with E-state index in [2.05, 4.69) is 16.6 Å². The minimum absolute atomic E-state index is 0.219. The number of methoxy groups -OCH3 is 1. The molecule has 1 aromatic rings. The van der Waals surface area contributed by atoms with Gasteiger partial charge in [-0.05, 0) is 24.3 Å². The van der Waals surface area contributed by atoms with Gasteiger partial charge < -0.3 is 4.74 Å². The molecule has 0 atom stereocenters. The van der Waals surface area contributed by atoms with E-state index in [-0.39, 0.29) is 4.90 Å². The van der Waals surface area contributed by atoms with Crippen LogP contribution in [0, 0.1) is 11.8 Å². The maximum absolute atomic E-state index is 11.1. The second-order valence-corrected chi connectivity index (χ2v) is 5.05. The Hall–Kier alpha value is -1.80.